The van der Waals surface area contributed by atoms with Gasteiger partial charge in [-0.3, -0.25) is 9.10 Å². The van der Waals surface area contributed by atoms with E-state index in [0.29, 0.717) is 16.4 Å². The highest BCUT2D eigenvalue weighted by Crippen LogP contribution is 2.39. The molecule has 6 nitrogen and oxygen atoms in total. The number of nitrogens with one attached hydrogen (secondary N) is 1. The van der Waals surface area contributed by atoms with Crippen LogP contribution in [0.25, 0.3) is 0 Å². The average molecular weight is 443 g/mol. The van der Waals surface area contributed by atoms with Crippen molar-refractivity contribution in [2.75, 3.05) is 16.2 Å². The molecule has 0 aliphatic carbocycles. The number of amides is 1. The van der Waals surface area contributed by atoms with Crippen LogP contribution in [0.5, 0.6) is 5.75 Å². The number of rotatable bonds is 4. The molecule has 0 saturated carbocycles. The number of sulfonamides is 1. The summed E-state index contributed by atoms with van der Waals surface area (Å²) in [6.45, 7) is 1.70. The van der Waals surface area contributed by atoms with Crippen molar-refractivity contribution in [2.24, 2.45) is 0 Å². The smallest absolute Gasteiger partial charge is 0.267 e. The Morgan fingerprint density at radius 1 is 1.07 bits per heavy atom. The Morgan fingerprint density at radius 3 is 2.50 bits per heavy atom. The summed E-state index contributed by atoms with van der Waals surface area (Å²) in [5.41, 5.74) is 1.83. The molecule has 0 saturated heterocycles. The van der Waals surface area contributed by atoms with E-state index in [0.717, 1.165) is 5.56 Å². The first-order valence-corrected chi connectivity index (χ1v) is 11.1. The van der Waals surface area contributed by atoms with Crippen LogP contribution in [0.3, 0.4) is 0 Å². The summed E-state index contributed by atoms with van der Waals surface area (Å²) in [6.07, 6.45) is -1.03. The van der Waals surface area contributed by atoms with Gasteiger partial charge >= 0.3 is 0 Å². The summed E-state index contributed by atoms with van der Waals surface area (Å²) in [7, 11) is -3.92. The van der Waals surface area contributed by atoms with Crippen LogP contribution in [0.1, 0.15) is 5.56 Å². The van der Waals surface area contributed by atoms with Gasteiger partial charge in [0.1, 0.15) is 5.75 Å². The Bertz CT molecular complexity index is 1200. The molecule has 8 heteroatoms. The van der Waals surface area contributed by atoms with E-state index in [1.165, 1.54) is 22.5 Å². The number of para-hydroxylation sites is 1. The standard InChI is InChI=1S/C22H19ClN2O4S/c1-15-7-5-6-10-18(15)24-22(26)21-14-25(19-13-16(23)11-12-20(19)29-21)30(27,28)17-8-3-2-4-9-17/h2-13,21H,14H2,1H3,(H,24,26)/t21-/m1/s1. The van der Waals surface area contributed by atoms with E-state index >= 15 is 0 Å². The largest absolute Gasteiger partial charge is 0.476 e. The minimum atomic E-state index is -3.92. The Morgan fingerprint density at radius 2 is 1.77 bits per heavy atom. The van der Waals surface area contributed by atoms with Gasteiger partial charge in [-0.15, -0.1) is 0 Å². The van der Waals surface area contributed by atoms with Crippen molar-refractivity contribution >= 4 is 38.9 Å². The van der Waals surface area contributed by atoms with Crippen molar-refractivity contribution < 1.29 is 17.9 Å². The van der Waals surface area contributed by atoms with Crippen LogP contribution in [0.2, 0.25) is 5.02 Å². The molecule has 0 radical (unpaired) electrons. The number of anilines is 2. The highest BCUT2D eigenvalue weighted by Gasteiger charge is 2.37. The Kier molecular flexibility index (Phi) is 5.40. The van der Waals surface area contributed by atoms with E-state index in [1.54, 1.807) is 36.4 Å². The van der Waals surface area contributed by atoms with Gasteiger partial charge in [-0.1, -0.05) is 48.0 Å². The minimum absolute atomic E-state index is 0.121. The molecule has 4 rings (SSSR count). The number of benzene rings is 3. The van der Waals surface area contributed by atoms with Gasteiger partial charge in [-0.25, -0.2) is 8.42 Å². The Labute approximate surface area is 180 Å². The number of carbonyl (C=O) groups excluding carboxylic acids is 1. The molecule has 0 bridgehead atoms. The maximum Gasteiger partial charge on any atom is 0.267 e. The van der Waals surface area contributed by atoms with Crippen molar-refractivity contribution in [3.05, 3.63) is 83.4 Å². The summed E-state index contributed by atoms with van der Waals surface area (Å²) < 4.78 is 33.7. The molecule has 1 amide bonds. The van der Waals surface area contributed by atoms with Gasteiger partial charge in [-0.05, 0) is 48.9 Å². The van der Waals surface area contributed by atoms with Crippen molar-refractivity contribution in [1.29, 1.82) is 0 Å². The molecule has 1 heterocycles. The van der Waals surface area contributed by atoms with Crippen molar-refractivity contribution in [1.82, 2.24) is 0 Å². The molecule has 154 valence electrons. The summed E-state index contributed by atoms with van der Waals surface area (Å²) in [5.74, 6) is -0.159. The predicted octanol–water partition coefficient (Wildman–Crippen LogP) is 4.24. The number of carbonyl (C=O) groups is 1. The number of hydrogen-bond acceptors (Lipinski definition) is 4. The van der Waals surface area contributed by atoms with E-state index in [1.807, 2.05) is 25.1 Å². The van der Waals surface area contributed by atoms with Gasteiger partial charge < -0.3 is 10.1 Å². The Hall–Kier alpha value is -3.03. The molecule has 3 aromatic rings. The first kappa shape index (κ1) is 20.3. The highest BCUT2D eigenvalue weighted by atomic mass is 35.5. The van der Waals surface area contributed by atoms with Crippen molar-refractivity contribution in [3.8, 4) is 5.75 Å². The highest BCUT2D eigenvalue weighted by molar-refractivity contribution is 7.92. The first-order chi connectivity index (χ1) is 14.4. The minimum Gasteiger partial charge on any atom is -0.476 e. The number of halogens is 1. The third kappa shape index (κ3) is 3.86. The molecule has 0 spiro atoms. The number of aryl methyl sites for hydroxylation is 1. The second-order valence-corrected chi connectivity index (χ2v) is 9.17. The van der Waals surface area contributed by atoms with Gasteiger partial charge in [0, 0.05) is 10.7 Å². The molecule has 30 heavy (non-hydrogen) atoms. The molecule has 0 unspecified atom stereocenters. The molecule has 0 aromatic heterocycles. The average Bonchev–Trinajstić information content (AvgIpc) is 2.75. The Balaban J connectivity index is 1.71. The molecule has 1 aliphatic rings. The summed E-state index contributed by atoms with van der Waals surface area (Å²) in [5, 5.41) is 3.19. The molecule has 3 aromatic carbocycles. The maximum atomic E-state index is 13.3. The van der Waals surface area contributed by atoms with Crippen molar-refractivity contribution in [2.45, 2.75) is 17.9 Å². The molecule has 1 N–H and O–H groups in total. The third-order valence-corrected chi connectivity index (χ3v) is 6.85. The topological polar surface area (TPSA) is 75.7 Å². The fourth-order valence-electron chi connectivity index (χ4n) is 3.23. The van der Waals surface area contributed by atoms with E-state index in [9.17, 15) is 13.2 Å². The van der Waals surface area contributed by atoms with Crippen molar-refractivity contribution in [3.63, 3.8) is 0 Å². The monoisotopic (exact) mass is 442 g/mol. The molecule has 0 fully saturated rings. The SMILES string of the molecule is Cc1ccccc1NC(=O)[C@H]1CN(S(=O)(=O)c2ccccc2)c2cc(Cl)ccc2O1. The maximum absolute atomic E-state index is 13.3. The molecular weight excluding hydrogens is 424 g/mol. The van der Waals surface area contributed by atoms with E-state index < -0.39 is 22.0 Å². The van der Waals surface area contributed by atoms with Crippen LogP contribution in [-0.2, 0) is 14.8 Å². The third-order valence-electron chi connectivity index (χ3n) is 4.82. The van der Waals surface area contributed by atoms with E-state index in [4.69, 9.17) is 16.3 Å². The van der Waals surface area contributed by atoms with Crippen LogP contribution in [0.4, 0.5) is 11.4 Å². The summed E-state index contributed by atoms with van der Waals surface area (Å²) in [6, 6.07) is 20.1. The number of ether oxygens (including phenoxy) is 1. The zero-order chi connectivity index (χ0) is 21.3. The van der Waals surface area contributed by atoms with Crippen LogP contribution < -0.4 is 14.4 Å². The second kappa shape index (κ2) is 8.01. The fourth-order valence-corrected chi connectivity index (χ4v) is 4.89. The number of nitrogens with zero attached hydrogens (tertiary/aromatic N) is 1. The summed E-state index contributed by atoms with van der Waals surface area (Å²) in [4.78, 5) is 13.0. The van der Waals surface area contributed by atoms with Gasteiger partial charge in [0.2, 0.25) is 0 Å². The molecule has 1 atom stereocenters. The summed E-state index contributed by atoms with van der Waals surface area (Å²) >= 11 is 6.11. The van der Waals surface area contributed by atoms with Gasteiger partial charge in [0.25, 0.3) is 15.9 Å². The zero-order valence-corrected chi connectivity index (χ0v) is 17.7. The predicted molar refractivity (Wildman–Crippen MR) is 117 cm³/mol. The lowest BCUT2D eigenvalue weighted by Gasteiger charge is -2.35. The zero-order valence-electron chi connectivity index (χ0n) is 16.1. The molecular formula is C22H19ClN2O4S. The van der Waals surface area contributed by atoms with E-state index in [2.05, 4.69) is 5.32 Å². The fraction of sp³-hybridized carbons (Fsp3) is 0.136. The lowest BCUT2D eigenvalue weighted by molar-refractivity contribution is -0.122. The quantitative estimate of drug-likeness (QED) is 0.655. The first-order valence-electron chi connectivity index (χ1n) is 9.27. The van der Waals surface area contributed by atoms with Gasteiger partial charge in [0.15, 0.2) is 6.10 Å². The lowest BCUT2D eigenvalue weighted by atomic mass is 10.2. The van der Waals surface area contributed by atoms with Gasteiger partial charge in [-0.2, -0.15) is 0 Å². The van der Waals surface area contributed by atoms with E-state index in [-0.39, 0.29) is 17.2 Å². The van der Waals surface area contributed by atoms with Crippen LogP contribution in [-0.4, -0.2) is 27.0 Å². The normalized spacial score (nSPS) is 15.8. The van der Waals surface area contributed by atoms with Crippen LogP contribution >= 0.6 is 11.6 Å². The van der Waals surface area contributed by atoms with Crippen LogP contribution in [0.15, 0.2) is 77.7 Å². The number of fused-ring (bicyclic) bond motifs is 1. The molecule has 1 aliphatic heterocycles. The number of hydrogen-bond donors (Lipinski definition) is 1. The second-order valence-electron chi connectivity index (χ2n) is 6.87. The van der Waals surface area contributed by atoms with Gasteiger partial charge in [0.05, 0.1) is 17.1 Å². The van der Waals surface area contributed by atoms with Crippen LogP contribution in [0, 0.1) is 6.92 Å². The lowest BCUT2D eigenvalue weighted by Crippen LogP contribution is -2.48.